The molecule has 0 saturated carbocycles. The van der Waals surface area contributed by atoms with E-state index in [0.717, 1.165) is 31.7 Å². The molecule has 1 aromatic carbocycles. The molecule has 2 atom stereocenters. The van der Waals surface area contributed by atoms with Gasteiger partial charge in [0.05, 0.1) is 6.10 Å². The van der Waals surface area contributed by atoms with Crippen LogP contribution < -0.4 is 5.73 Å². The highest BCUT2D eigenvalue weighted by Crippen LogP contribution is 2.21. The Kier molecular flexibility index (Phi) is 4.22. The fourth-order valence-electron chi connectivity index (χ4n) is 2.69. The van der Waals surface area contributed by atoms with E-state index in [-0.39, 0.29) is 6.10 Å². The molecule has 1 aliphatic rings. The summed E-state index contributed by atoms with van der Waals surface area (Å²) < 4.78 is 0. The van der Waals surface area contributed by atoms with E-state index in [1.165, 1.54) is 5.56 Å². The number of likely N-dealkylation sites (tertiary alicyclic amines) is 1. The predicted octanol–water partition coefficient (Wildman–Crippen LogP) is 0.766. The van der Waals surface area contributed by atoms with Gasteiger partial charge in [0, 0.05) is 31.4 Å². The number of anilines is 1. The molecular weight excluding hydrogens is 226 g/mol. The molecule has 0 spiro atoms. The van der Waals surface area contributed by atoms with E-state index in [9.17, 15) is 5.11 Å². The second kappa shape index (κ2) is 5.69. The van der Waals surface area contributed by atoms with Crippen LogP contribution in [0.2, 0.25) is 0 Å². The van der Waals surface area contributed by atoms with Crippen LogP contribution in [0.5, 0.6) is 0 Å². The first kappa shape index (κ1) is 13.3. The summed E-state index contributed by atoms with van der Waals surface area (Å²) >= 11 is 0. The maximum atomic E-state index is 9.83. The highest BCUT2D eigenvalue weighted by atomic mass is 16.3. The number of hydrogen-bond donors (Lipinski definition) is 2. The van der Waals surface area contributed by atoms with Crippen LogP contribution in [0.15, 0.2) is 24.3 Å². The summed E-state index contributed by atoms with van der Waals surface area (Å²) in [6.45, 7) is 2.60. The van der Waals surface area contributed by atoms with E-state index in [2.05, 4.69) is 30.0 Å². The predicted molar refractivity (Wildman–Crippen MR) is 74.2 cm³/mol. The minimum Gasteiger partial charge on any atom is -0.399 e. The standard InChI is InChI=1S/C14H23N3O/c1-16(2)9-13-7-14(18)10-17(13)8-11-4-3-5-12(15)6-11/h3-6,13-14,18H,7-10,15H2,1-2H3. The third-order valence-corrected chi connectivity index (χ3v) is 3.42. The Labute approximate surface area is 109 Å². The average Bonchev–Trinajstić information content (AvgIpc) is 2.58. The highest BCUT2D eigenvalue weighted by molar-refractivity contribution is 5.40. The van der Waals surface area contributed by atoms with Gasteiger partial charge < -0.3 is 15.7 Å². The lowest BCUT2D eigenvalue weighted by molar-refractivity contribution is 0.169. The summed E-state index contributed by atoms with van der Waals surface area (Å²) in [6, 6.07) is 8.42. The molecule has 2 unspecified atom stereocenters. The Balaban J connectivity index is 2.02. The summed E-state index contributed by atoms with van der Waals surface area (Å²) in [7, 11) is 4.15. The van der Waals surface area contributed by atoms with Gasteiger partial charge in [-0.05, 0) is 38.2 Å². The zero-order valence-electron chi connectivity index (χ0n) is 11.2. The average molecular weight is 249 g/mol. The van der Waals surface area contributed by atoms with Crippen molar-refractivity contribution in [3.8, 4) is 0 Å². The number of hydrogen-bond acceptors (Lipinski definition) is 4. The molecule has 1 saturated heterocycles. The minimum atomic E-state index is -0.198. The summed E-state index contributed by atoms with van der Waals surface area (Å²) in [5.74, 6) is 0. The number of benzene rings is 1. The van der Waals surface area contributed by atoms with Crippen LogP contribution in [0.3, 0.4) is 0 Å². The zero-order chi connectivity index (χ0) is 13.1. The molecule has 0 radical (unpaired) electrons. The van der Waals surface area contributed by atoms with Crippen LogP contribution in [0.25, 0.3) is 0 Å². The van der Waals surface area contributed by atoms with Gasteiger partial charge in [-0.3, -0.25) is 4.90 Å². The number of nitrogens with zero attached hydrogens (tertiary/aromatic N) is 2. The van der Waals surface area contributed by atoms with E-state index < -0.39 is 0 Å². The number of aliphatic hydroxyl groups is 1. The van der Waals surface area contributed by atoms with Crippen LogP contribution in [-0.4, -0.2) is 54.2 Å². The van der Waals surface area contributed by atoms with Crippen molar-refractivity contribution in [2.45, 2.75) is 25.1 Å². The molecule has 1 fully saturated rings. The van der Waals surface area contributed by atoms with Gasteiger partial charge in [-0.2, -0.15) is 0 Å². The van der Waals surface area contributed by atoms with Crippen LogP contribution in [0, 0.1) is 0 Å². The first-order chi connectivity index (χ1) is 8.54. The molecule has 0 aliphatic carbocycles. The van der Waals surface area contributed by atoms with Gasteiger partial charge in [-0.15, -0.1) is 0 Å². The van der Waals surface area contributed by atoms with Crippen molar-refractivity contribution in [3.63, 3.8) is 0 Å². The number of aliphatic hydroxyl groups excluding tert-OH is 1. The van der Waals surface area contributed by atoms with Crippen molar-refractivity contribution < 1.29 is 5.11 Å². The number of β-amino-alcohol motifs (C(OH)–C–C–N with tert-alkyl or cyclic N) is 1. The monoisotopic (exact) mass is 249 g/mol. The molecule has 4 nitrogen and oxygen atoms in total. The Morgan fingerprint density at radius 1 is 1.44 bits per heavy atom. The molecule has 3 N–H and O–H groups in total. The minimum absolute atomic E-state index is 0.198. The third-order valence-electron chi connectivity index (χ3n) is 3.42. The zero-order valence-corrected chi connectivity index (χ0v) is 11.2. The maximum absolute atomic E-state index is 9.83. The summed E-state index contributed by atoms with van der Waals surface area (Å²) in [5.41, 5.74) is 7.82. The fraction of sp³-hybridized carbons (Fsp3) is 0.571. The molecule has 4 heteroatoms. The molecular formula is C14H23N3O. The molecule has 2 rings (SSSR count). The first-order valence-corrected chi connectivity index (χ1v) is 6.46. The SMILES string of the molecule is CN(C)CC1CC(O)CN1Cc1cccc(N)c1. The van der Waals surface area contributed by atoms with Crippen LogP contribution >= 0.6 is 0 Å². The Morgan fingerprint density at radius 3 is 2.89 bits per heavy atom. The van der Waals surface area contributed by atoms with E-state index in [1.54, 1.807) is 0 Å². The fourth-order valence-corrected chi connectivity index (χ4v) is 2.69. The largest absolute Gasteiger partial charge is 0.399 e. The smallest absolute Gasteiger partial charge is 0.0682 e. The Hall–Kier alpha value is -1.10. The molecule has 1 aromatic rings. The maximum Gasteiger partial charge on any atom is 0.0682 e. The molecule has 1 aliphatic heterocycles. The number of likely N-dealkylation sites (N-methyl/N-ethyl adjacent to an activating group) is 1. The second-order valence-corrected chi connectivity index (χ2v) is 5.48. The van der Waals surface area contributed by atoms with Crippen molar-refractivity contribution in [2.75, 3.05) is 32.9 Å². The summed E-state index contributed by atoms with van der Waals surface area (Å²) in [5, 5.41) is 9.83. The highest BCUT2D eigenvalue weighted by Gasteiger charge is 2.30. The van der Waals surface area contributed by atoms with Gasteiger partial charge in [-0.25, -0.2) is 0 Å². The lowest BCUT2D eigenvalue weighted by atomic mass is 10.1. The van der Waals surface area contributed by atoms with Gasteiger partial charge in [0.25, 0.3) is 0 Å². The van der Waals surface area contributed by atoms with E-state index >= 15 is 0 Å². The van der Waals surface area contributed by atoms with Crippen molar-refractivity contribution in [3.05, 3.63) is 29.8 Å². The number of nitrogen functional groups attached to an aromatic ring is 1. The molecule has 18 heavy (non-hydrogen) atoms. The molecule has 1 heterocycles. The number of rotatable bonds is 4. The summed E-state index contributed by atoms with van der Waals surface area (Å²) in [6.07, 6.45) is 0.663. The van der Waals surface area contributed by atoms with Crippen molar-refractivity contribution in [2.24, 2.45) is 0 Å². The molecule has 0 aromatic heterocycles. The van der Waals surface area contributed by atoms with Crippen molar-refractivity contribution in [1.82, 2.24) is 9.80 Å². The lowest BCUT2D eigenvalue weighted by Crippen LogP contribution is -2.37. The van der Waals surface area contributed by atoms with Gasteiger partial charge >= 0.3 is 0 Å². The van der Waals surface area contributed by atoms with E-state index in [4.69, 9.17) is 5.73 Å². The van der Waals surface area contributed by atoms with Gasteiger partial charge in [0.15, 0.2) is 0 Å². The lowest BCUT2D eigenvalue weighted by Gasteiger charge is -2.26. The summed E-state index contributed by atoms with van der Waals surface area (Å²) in [4.78, 5) is 4.52. The quantitative estimate of drug-likeness (QED) is 0.774. The Bertz CT molecular complexity index is 394. The van der Waals surface area contributed by atoms with E-state index in [1.807, 2.05) is 18.2 Å². The second-order valence-electron chi connectivity index (χ2n) is 5.48. The molecule has 100 valence electrons. The van der Waals surface area contributed by atoms with Crippen molar-refractivity contribution >= 4 is 5.69 Å². The molecule has 0 bridgehead atoms. The topological polar surface area (TPSA) is 52.7 Å². The van der Waals surface area contributed by atoms with Crippen LogP contribution in [0.4, 0.5) is 5.69 Å². The van der Waals surface area contributed by atoms with Gasteiger partial charge in [-0.1, -0.05) is 12.1 Å². The van der Waals surface area contributed by atoms with Crippen LogP contribution in [-0.2, 0) is 6.54 Å². The third kappa shape index (κ3) is 3.45. The van der Waals surface area contributed by atoms with E-state index in [0.29, 0.717) is 6.04 Å². The number of nitrogens with two attached hydrogens (primary N) is 1. The molecule has 0 amide bonds. The first-order valence-electron chi connectivity index (χ1n) is 6.46. The van der Waals surface area contributed by atoms with Gasteiger partial charge in [0.1, 0.15) is 0 Å². The van der Waals surface area contributed by atoms with Gasteiger partial charge in [0.2, 0.25) is 0 Å². The van der Waals surface area contributed by atoms with Crippen LogP contribution in [0.1, 0.15) is 12.0 Å². The normalized spacial score (nSPS) is 24.9. The van der Waals surface area contributed by atoms with Crippen molar-refractivity contribution in [1.29, 1.82) is 0 Å². The Morgan fingerprint density at radius 2 is 2.22 bits per heavy atom.